The van der Waals surface area contributed by atoms with Crippen LogP contribution in [-0.4, -0.2) is 34.7 Å². The number of hydrogen-bond donors (Lipinski definition) is 1. The molecule has 0 radical (unpaired) electrons. The Balaban J connectivity index is 1.78. The second-order valence-corrected chi connectivity index (χ2v) is 6.00. The van der Waals surface area contributed by atoms with Crippen LogP contribution in [0.1, 0.15) is 45.1 Å². The molecule has 1 aromatic rings. The molecule has 0 saturated carbocycles. The molecule has 1 aliphatic rings. The summed E-state index contributed by atoms with van der Waals surface area (Å²) in [6, 6.07) is 11.6. The second kappa shape index (κ2) is 7.06. The summed E-state index contributed by atoms with van der Waals surface area (Å²) in [7, 11) is 0. The van der Waals surface area contributed by atoms with Gasteiger partial charge in [-0.3, -0.25) is 4.90 Å². The van der Waals surface area contributed by atoms with Gasteiger partial charge in [-0.25, -0.2) is 0 Å². The molecular formula is C17H27NO. The molecule has 106 valence electrons. The van der Waals surface area contributed by atoms with Crippen molar-refractivity contribution in [2.45, 2.75) is 64.1 Å². The van der Waals surface area contributed by atoms with Crippen molar-refractivity contribution in [1.82, 2.24) is 4.90 Å². The Kier molecular flexibility index (Phi) is 5.41. The minimum absolute atomic E-state index is 0.219. The molecule has 1 saturated heterocycles. The summed E-state index contributed by atoms with van der Waals surface area (Å²) in [6.07, 6.45) is 5.40. The van der Waals surface area contributed by atoms with Crippen LogP contribution in [0.3, 0.4) is 0 Å². The summed E-state index contributed by atoms with van der Waals surface area (Å²) in [5, 5.41) is 10.2. The van der Waals surface area contributed by atoms with E-state index in [1.165, 1.54) is 24.8 Å². The first kappa shape index (κ1) is 14.5. The molecule has 1 heterocycles. The van der Waals surface area contributed by atoms with Crippen LogP contribution in [0.15, 0.2) is 30.3 Å². The van der Waals surface area contributed by atoms with E-state index in [0.29, 0.717) is 12.1 Å². The molecule has 1 aromatic carbocycles. The molecule has 0 aliphatic carbocycles. The maximum absolute atomic E-state index is 10.2. The first-order valence-electron chi connectivity index (χ1n) is 7.64. The number of aliphatic hydroxyl groups excluding tert-OH is 1. The van der Waals surface area contributed by atoms with Crippen LogP contribution < -0.4 is 0 Å². The largest absolute Gasteiger partial charge is 0.393 e. The van der Waals surface area contributed by atoms with Gasteiger partial charge in [0.05, 0.1) is 6.10 Å². The minimum Gasteiger partial charge on any atom is -0.393 e. The zero-order valence-corrected chi connectivity index (χ0v) is 12.3. The molecule has 1 aliphatic heterocycles. The Morgan fingerprint density at radius 1 is 1.16 bits per heavy atom. The van der Waals surface area contributed by atoms with Gasteiger partial charge in [0.2, 0.25) is 0 Å². The van der Waals surface area contributed by atoms with Crippen molar-refractivity contribution in [1.29, 1.82) is 0 Å². The summed E-state index contributed by atoms with van der Waals surface area (Å²) in [5.74, 6) is 0. The van der Waals surface area contributed by atoms with Crippen LogP contribution in [0, 0.1) is 0 Å². The molecule has 0 spiro atoms. The van der Waals surface area contributed by atoms with Crippen molar-refractivity contribution in [3.8, 4) is 0 Å². The maximum atomic E-state index is 10.2. The smallest absolute Gasteiger partial charge is 0.0592 e. The first-order valence-corrected chi connectivity index (χ1v) is 7.64. The van der Waals surface area contributed by atoms with Gasteiger partial charge in [-0.05, 0) is 45.1 Å². The van der Waals surface area contributed by atoms with Crippen LogP contribution in [0.5, 0.6) is 0 Å². The van der Waals surface area contributed by atoms with E-state index in [0.717, 1.165) is 19.4 Å². The highest BCUT2D eigenvalue weighted by atomic mass is 16.3. The molecule has 0 amide bonds. The maximum Gasteiger partial charge on any atom is 0.0592 e. The van der Waals surface area contributed by atoms with Gasteiger partial charge in [0.25, 0.3) is 0 Å². The normalized spacial score (nSPS) is 26.3. The number of piperidine rings is 1. The van der Waals surface area contributed by atoms with Crippen molar-refractivity contribution >= 4 is 0 Å². The lowest BCUT2D eigenvalue weighted by atomic mass is 9.96. The second-order valence-electron chi connectivity index (χ2n) is 6.00. The minimum atomic E-state index is -0.219. The SMILES string of the molecule is C[C@@H]1CCC[C@H](C)N1CC[C@H](O)Cc1ccccc1. The predicted molar refractivity (Wildman–Crippen MR) is 80.3 cm³/mol. The highest BCUT2D eigenvalue weighted by Gasteiger charge is 2.24. The lowest BCUT2D eigenvalue weighted by Crippen LogP contribution is -2.44. The van der Waals surface area contributed by atoms with Crippen molar-refractivity contribution < 1.29 is 5.11 Å². The summed E-state index contributed by atoms with van der Waals surface area (Å²) in [5.41, 5.74) is 1.23. The van der Waals surface area contributed by atoms with Crippen molar-refractivity contribution in [3.05, 3.63) is 35.9 Å². The Bertz CT molecular complexity index is 355. The van der Waals surface area contributed by atoms with E-state index >= 15 is 0 Å². The molecule has 0 bridgehead atoms. The highest BCUT2D eigenvalue weighted by molar-refractivity contribution is 5.15. The fraction of sp³-hybridized carbons (Fsp3) is 0.647. The highest BCUT2D eigenvalue weighted by Crippen LogP contribution is 2.22. The Morgan fingerprint density at radius 3 is 2.42 bits per heavy atom. The predicted octanol–water partition coefficient (Wildman–Crippen LogP) is 3.24. The monoisotopic (exact) mass is 261 g/mol. The van der Waals surface area contributed by atoms with E-state index in [4.69, 9.17) is 0 Å². The quantitative estimate of drug-likeness (QED) is 0.879. The molecule has 19 heavy (non-hydrogen) atoms. The molecule has 2 nitrogen and oxygen atoms in total. The van der Waals surface area contributed by atoms with Crippen LogP contribution >= 0.6 is 0 Å². The van der Waals surface area contributed by atoms with Crippen LogP contribution in [0.2, 0.25) is 0 Å². The third-order valence-electron chi connectivity index (χ3n) is 4.41. The van der Waals surface area contributed by atoms with E-state index < -0.39 is 0 Å². The Morgan fingerprint density at radius 2 is 1.79 bits per heavy atom. The fourth-order valence-electron chi connectivity index (χ4n) is 3.20. The van der Waals surface area contributed by atoms with Gasteiger partial charge < -0.3 is 5.11 Å². The average Bonchev–Trinajstić information content (AvgIpc) is 2.39. The van der Waals surface area contributed by atoms with Crippen molar-refractivity contribution in [2.75, 3.05) is 6.54 Å². The van der Waals surface area contributed by atoms with Gasteiger partial charge in [0.1, 0.15) is 0 Å². The average molecular weight is 261 g/mol. The van der Waals surface area contributed by atoms with Crippen LogP contribution in [-0.2, 0) is 6.42 Å². The standard InChI is InChI=1S/C17H27NO/c1-14-7-6-8-15(2)18(14)12-11-17(19)13-16-9-4-3-5-10-16/h3-5,9-10,14-15,17,19H,6-8,11-13H2,1-2H3/t14-,15+,17-/m0/s1. The Hall–Kier alpha value is -0.860. The molecular weight excluding hydrogens is 234 g/mol. The summed E-state index contributed by atoms with van der Waals surface area (Å²) < 4.78 is 0. The zero-order chi connectivity index (χ0) is 13.7. The number of hydrogen-bond acceptors (Lipinski definition) is 2. The molecule has 2 rings (SSSR count). The van der Waals surface area contributed by atoms with Crippen LogP contribution in [0.25, 0.3) is 0 Å². The first-order chi connectivity index (χ1) is 9.16. The number of nitrogens with zero attached hydrogens (tertiary/aromatic N) is 1. The Labute approximate surface area is 117 Å². The van der Waals surface area contributed by atoms with Gasteiger partial charge in [0, 0.05) is 18.6 Å². The number of likely N-dealkylation sites (tertiary alicyclic amines) is 1. The topological polar surface area (TPSA) is 23.5 Å². The molecule has 1 N–H and O–H groups in total. The number of benzene rings is 1. The molecule has 2 heteroatoms. The number of aliphatic hydroxyl groups is 1. The summed E-state index contributed by atoms with van der Waals surface area (Å²) in [6.45, 7) is 5.66. The third-order valence-corrected chi connectivity index (χ3v) is 4.41. The van der Waals surface area contributed by atoms with E-state index in [1.807, 2.05) is 18.2 Å². The van der Waals surface area contributed by atoms with Gasteiger partial charge in [-0.2, -0.15) is 0 Å². The fourth-order valence-corrected chi connectivity index (χ4v) is 3.20. The zero-order valence-electron chi connectivity index (χ0n) is 12.3. The van der Waals surface area contributed by atoms with E-state index in [2.05, 4.69) is 30.9 Å². The number of rotatable bonds is 5. The van der Waals surface area contributed by atoms with Crippen molar-refractivity contribution in [2.24, 2.45) is 0 Å². The lowest BCUT2D eigenvalue weighted by Gasteiger charge is -2.39. The van der Waals surface area contributed by atoms with E-state index in [9.17, 15) is 5.11 Å². The molecule has 3 atom stereocenters. The van der Waals surface area contributed by atoms with Gasteiger partial charge in [0.15, 0.2) is 0 Å². The summed E-state index contributed by atoms with van der Waals surface area (Å²) >= 11 is 0. The van der Waals surface area contributed by atoms with Crippen molar-refractivity contribution in [3.63, 3.8) is 0 Å². The van der Waals surface area contributed by atoms with Gasteiger partial charge in [-0.1, -0.05) is 36.8 Å². The lowest BCUT2D eigenvalue weighted by molar-refractivity contribution is 0.0750. The van der Waals surface area contributed by atoms with Gasteiger partial charge in [-0.15, -0.1) is 0 Å². The van der Waals surface area contributed by atoms with E-state index in [-0.39, 0.29) is 6.10 Å². The van der Waals surface area contributed by atoms with E-state index in [1.54, 1.807) is 0 Å². The molecule has 0 unspecified atom stereocenters. The molecule has 1 fully saturated rings. The third kappa shape index (κ3) is 4.32. The molecule has 0 aromatic heterocycles. The van der Waals surface area contributed by atoms with Crippen LogP contribution in [0.4, 0.5) is 0 Å². The van der Waals surface area contributed by atoms with Gasteiger partial charge >= 0.3 is 0 Å². The summed E-state index contributed by atoms with van der Waals surface area (Å²) in [4.78, 5) is 2.57.